The third kappa shape index (κ3) is 1.00. The Kier molecular flexibility index (Phi) is 1.53. The number of carbonyl (C=O) groups is 1. The van der Waals surface area contributed by atoms with Gasteiger partial charge in [-0.15, -0.1) is 0 Å². The molecule has 2 aliphatic carbocycles. The first-order valence-corrected chi connectivity index (χ1v) is 4.39. The molecule has 2 bridgehead atoms. The molecule has 0 spiro atoms. The van der Waals surface area contributed by atoms with Gasteiger partial charge in [0.15, 0.2) is 0 Å². The molecular weight excluding hydrogens is 140 g/mol. The van der Waals surface area contributed by atoms with E-state index in [1.54, 1.807) is 0 Å². The van der Waals surface area contributed by atoms with Crippen molar-refractivity contribution in [3.63, 3.8) is 0 Å². The van der Waals surface area contributed by atoms with Crippen molar-refractivity contribution in [1.29, 1.82) is 0 Å². The molecule has 11 heavy (non-hydrogen) atoms. The Morgan fingerprint density at radius 3 is 2.82 bits per heavy atom. The van der Waals surface area contributed by atoms with E-state index in [-0.39, 0.29) is 12.0 Å². The summed E-state index contributed by atoms with van der Waals surface area (Å²) >= 11 is 0. The van der Waals surface area contributed by atoms with Gasteiger partial charge in [-0.2, -0.15) is 0 Å². The van der Waals surface area contributed by atoms with E-state index in [1.807, 2.05) is 6.92 Å². The molecule has 2 nitrogen and oxygen atoms in total. The average Bonchev–Trinajstić information content (AvgIpc) is 2.26. The maximum atomic E-state index is 11.3. The van der Waals surface area contributed by atoms with Crippen LogP contribution in [-0.2, 0) is 4.79 Å². The van der Waals surface area contributed by atoms with E-state index in [0.29, 0.717) is 24.0 Å². The van der Waals surface area contributed by atoms with Crippen LogP contribution in [-0.4, -0.2) is 17.0 Å². The summed E-state index contributed by atoms with van der Waals surface area (Å²) in [5.41, 5.74) is 0. The number of aliphatic hydroxyl groups is 1. The van der Waals surface area contributed by atoms with Gasteiger partial charge in [-0.25, -0.2) is 0 Å². The third-order valence-corrected chi connectivity index (χ3v) is 3.37. The van der Waals surface area contributed by atoms with E-state index in [9.17, 15) is 9.90 Å². The first-order valence-electron chi connectivity index (χ1n) is 4.39. The second-order valence-electron chi connectivity index (χ2n) is 4.02. The summed E-state index contributed by atoms with van der Waals surface area (Å²) < 4.78 is 0. The Bertz CT molecular complexity index is 186. The van der Waals surface area contributed by atoms with Crippen LogP contribution in [0.1, 0.15) is 26.2 Å². The molecule has 4 atom stereocenters. The molecule has 0 aromatic rings. The van der Waals surface area contributed by atoms with Gasteiger partial charge in [-0.3, -0.25) is 4.79 Å². The summed E-state index contributed by atoms with van der Waals surface area (Å²) in [7, 11) is 0. The van der Waals surface area contributed by atoms with E-state index in [0.717, 1.165) is 12.8 Å². The molecule has 2 aliphatic rings. The van der Waals surface area contributed by atoms with E-state index in [4.69, 9.17) is 0 Å². The monoisotopic (exact) mass is 154 g/mol. The van der Waals surface area contributed by atoms with Gasteiger partial charge in [0, 0.05) is 12.3 Å². The largest absolute Gasteiger partial charge is 0.393 e. The Labute approximate surface area is 66.6 Å². The Morgan fingerprint density at radius 1 is 1.36 bits per heavy atom. The summed E-state index contributed by atoms with van der Waals surface area (Å²) in [5.74, 6) is 1.35. The molecule has 0 amide bonds. The molecule has 2 rings (SSSR count). The van der Waals surface area contributed by atoms with Gasteiger partial charge >= 0.3 is 0 Å². The maximum absolute atomic E-state index is 11.3. The van der Waals surface area contributed by atoms with Gasteiger partial charge in [0.2, 0.25) is 0 Å². The minimum absolute atomic E-state index is 0.186. The van der Waals surface area contributed by atoms with Crippen LogP contribution in [0.3, 0.4) is 0 Å². The molecule has 62 valence electrons. The van der Waals surface area contributed by atoms with Gasteiger partial charge in [0.25, 0.3) is 0 Å². The first-order chi connectivity index (χ1) is 5.18. The lowest BCUT2D eigenvalue weighted by Gasteiger charge is -2.23. The highest BCUT2D eigenvalue weighted by atomic mass is 16.3. The molecule has 0 saturated heterocycles. The molecule has 0 aromatic carbocycles. The van der Waals surface area contributed by atoms with Crippen LogP contribution in [0, 0.1) is 17.8 Å². The van der Waals surface area contributed by atoms with E-state index in [1.165, 1.54) is 0 Å². The van der Waals surface area contributed by atoms with Crippen LogP contribution in [0.2, 0.25) is 0 Å². The second-order valence-corrected chi connectivity index (χ2v) is 4.02. The smallest absolute Gasteiger partial charge is 0.136 e. The Morgan fingerprint density at radius 2 is 2.09 bits per heavy atom. The normalized spacial score (nSPS) is 49.8. The zero-order valence-corrected chi connectivity index (χ0v) is 6.79. The predicted molar refractivity (Wildman–Crippen MR) is 41.0 cm³/mol. The van der Waals surface area contributed by atoms with Crippen molar-refractivity contribution in [2.75, 3.05) is 0 Å². The number of rotatable bonds is 0. The van der Waals surface area contributed by atoms with Crippen LogP contribution in [0.25, 0.3) is 0 Å². The van der Waals surface area contributed by atoms with Gasteiger partial charge in [-0.1, -0.05) is 6.92 Å². The van der Waals surface area contributed by atoms with E-state index >= 15 is 0 Å². The molecule has 2 fully saturated rings. The molecule has 2 saturated carbocycles. The zero-order chi connectivity index (χ0) is 8.01. The van der Waals surface area contributed by atoms with Crippen molar-refractivity contribution in [2.24, 2.45) is 17.8 Å². The van der Waals surface area contributed by atoms with Crippen LogP contribution >= 0.6 is 0 Å². The van der Waals surface area contributed by atoms with Crippen molar-refractivity contribution in [1.82, 2.24) is 0 Å². The summed E-state index contributed by atoms with van der Waals surface area (Å²) in [6.45, 7) is 2.00. The topological polar surface area (TPSA) is 37.3 Å². The van der Waals surface area contributed by atoms with E-state index < -0.39 is 0 Å². The van der Waals surface area contributed by atoms with Crippen molar-refractivity contribution in [3.05, 3.63) is 0 Å². The van der Waals surface area contributed by atoms with Crippen molar-refractivity contribution in [2.45, 2.75) is 32.3 Å². The Balaban J connectivity index is 2.18. The number of ketones is 1. The number of Topliss-reactive ketones (excluding diaryl/α,β-unsaturated/α-hetero) is 1. The van der Waals surface area contributed by atoms with Crippen molar-refractivity contribution in [3.8, 4) is 0 Å². The minimum atomic E-state index is -0.186. The van der Waals surface area contributed by atoms with Crippen LogP contribution in [0.5, 0.6) is 0 Å². The van der Waals surface area contributed by atoms with Crippen LogP contribution in [0.15, 0.2) is 0 Å². The molecule has 0 aromatic heterocycles. The highest BCUT2D eigenvalue weighted by Crippen LogP contribution is 2.43. The summed E-state index contributed by atoms with van der Waals surface area (Å²) in [6, 6.07) is 0. The number of aliphatic hydroxyl groups excluding tert-OH is 1. The maximum Gasteiger partial charge on any atom is 0.136 e. The van der Waals surface area contributed by atoms with Crippen LogP contribution in [0.4, 0.5) is 0 Å². The fourth-order valence-corrected chi connectivity index (χ4v) is 2.48. The number of carbonyl (C=O) groups excluding carboxylic acids is 1. The Hall–Kier alpha value is -0.370. The molecule has 2 heteroatoms. The average molecular weight is 154 g/mol. The standard InChI is InChI=1S/C9H14O2/c1-5-6-2-7(4-8(5)10)9(11)3-6/h5-7,9,11H,2-4H2,1H3/t5-,6+,7+,9+/m0/s1. The molecule has 0 heterocycles. The fourth-order valence-electron chi connectivity index (χ4n) is 2.48. The lowest BCUT2D eigenvalue weighted by Crippen LogP contribution is -2.26. The number of hydrogen-bond acceptors (Lipinski definition) is 2. The molecule has 0 unspecified atom stereocenters. The van der Waals surface area contributed by atoms with Gasteiger partial charge < -0.3 is 5.11 Å². The van der Waals surface area contributed by atoms with Gasteiger partial charge in [0.1, 0.15) is 5.78 Å². The summed E-state index contributed by atoms with van der Waals surface area (Å²) in [6.07, 6.45) is 2.37. The van der Waals surface area contributed by atoms with Gasteiger partial charge in [-0.05, 0) is 24.7 Å². The first kappa shape index (κ1) is 7.29. The zero-order valence-electron chi connectivity index (χ0n) is 6.79. The third-order valence-electron chi connectivity index (χ3n) is 3.37. The molecule has 0 radical (unpaired) electrons. The minimum Gasteiger partial charge on any atom is -0.393 e. The number of fused-ring (bicyclic) bond motifs is 2. The summed E-state index contributed by atoms with van der Waals surface area (Å²) in [4.78, 5) is 11.3. The molecular formula is C9H14O2. The predicted octanol–water partition coefficient (Wildman–Crippen LogP) is 0.982. The number of hydrogen-bond donors (Lipinski definition) is 1. The molecule has 0 aliphatic heterocycles. The quantitative estimate of drug-likeness (QED) is 0.564. The fraction of sp³-hybridized carbons (Fsp3) is 0.889. The highest BCUT2D eigenvalue weighted by Gasteiger charge is 2.43. The molecule has 1 N–H and O–H groups in total. The lowest BCUT2D eigenvalue weighted by atomic mass is 9.80. The highest BCUT2D eigenvalue weighted by molar-refractivity contribution is 5.82. The van der Waals surface area contributed by atoms with Gasteiger partial charge in [0.05, 0.1) is 6.10 Å². The SMILES string of the molecule is C[C@@H]1C(=O)C[C@H]2C[C@@H]1C[C@H]2O. The van der Waals surface area contributed by atoms with Crippen molar-refractivity contribution >= 4 is 5.78 Å². The van der Waals surface area contributed by atoms with Crippen molar-refractivity contribution < 1.29 is 9.90 Å². The second kappa shape index (κ2) is 2.31. The lowest BCUT2D eigenvalue weighted by molar-refractivity contribution is -0.126. The van der Waals surface area contributed by atoms with Crippen LogP contribution < -0.4 is 0 Å². The summed E-state index contributed by atoms with van der Waals surface area (Å²) in [5, 5.41) is 9.48. The van der Waals surface area contributed by atoms with E-state index in [2.05, 4.69) is 0 Å².